The highest BCUT2D eigenvalue weighted by molar-refractivity contribution is 5.92. The van der Waals surface area contributed by atoms with Gasteiger partial charge in [0.25, 0.3) is 0 Å². The zero-order valence-electron chi connectivity index (χ0n) is 14.5. The Morgan fingerprint density at radius 2 is 1.88 bits per heavy atom. The molecule has 3 aliphatic carbocycles. The normalized spacial score (nSPS) is 25.1. The van der Waals surface area contributed by atoms with E-state index < -0.39 is 0 Å². The Morgan fingerprint density at radius 1 is 1.04 bits per heavy atom. The monoisotopic (exact) mass is 353 g/mol. The fourth-order valence-electron chi connectivity index (χ4n) is 5.02. The first kappa shape index (κ1) is 15.9. The smallest absolute Gasteiger partial charge is 0.144 e. The quantitative estimate of drug-likeness (QED) is 0.697. The molecule has 0 amide bonds. The lowest BCUT2D eigenvalue weighted by Gasteiger charge is -2.42. The first-order valence-electron chi connectivity index (χ1n) is 9.45. The van der Waals surface area contributed by atoms with E-state index in [0.29, 0.717) is 22.6 Å². The molecule has 2 bridgehead atoms. The fourth-order valence-corrected chi connectivity index (χ4v) is 5.02. The summed E-state index contributed by atoms with van der Waals surface area (Å²) in [6, 6.07) is 3.28. The predicted octanol–water partition coefficient (Wildman–Crippen LogP) is 5.27. The van der Waals surface area contributed by atoms with Crippen LogP contribution in [0.4, 0.5) is 8.78 Å². The summed E-state index contributed by atoms with van der Waals surface area (Å²) in [6.45, 7) is 0. The lowest BCUT2D eigenvalue weighted by atomic mass is 9.63. The summed E-state index contributed by atoms with van der Waals surface area (Å²) in [7, 11) is 0. The van der Waals surface area contributed by atoms with Crippen LogP contribution in [0.15, 0.2) is 30.7 Å². The molecule has 3 heterocycles. The van der Waals surface area contributed by atoms with E-state index in [4.69, 9.17) is 0 Å². The van der Waals surface area contributed by atoms with E-state index in [9.17, 15) is 8.78 Å². The third-order valence-electron chi connectivity index (χ3n) is 6.38. The molecule has 0 saturated heterocycles. The van der Waals surface area contributed by atoms with Crippen molar-refractivity contribution in [1.82, 2.24) is 15.0 Å². The standard InChI is InChI=1S/C21H21F2N3/c22-16-8-17-18(10-26-21(17)25-9-16)20-7-15(19(23)11-24-20)6-14-5-12-1-3-13(14)4-2-12/h7-14H,1-6H2,(H,25,26)/t12?,13?,14-/m1/s1. The van der Waals surface area contributed by atoms with Gasteiger partial charge in [0.2, 0.25) is 0 Å². The minimum absolute atomic E-state index is 0.237. The van der Waals surface area contributed by atoms with E-state index in [1.807, 2.05) is 6.07 Å². The van der Waals surface area contributed by atoms with E-state index in [-0.39, 0.29) is 11.6 Å². The van der Waals surface area contributed by atoms with Gasteiger partial charge in [-0.25, -0.2) is 13.8 Å². The third-order valence-corrected chi connectivity index (χ3v) is 6.38. The number of fused-ring (bicyclic) bond motifs is 4. The Hall–Kier alpha value is -2.30. The van der Waals surface area contributed by atoms with E-state index in [0.717, 1.165) is 29.4 Å². The van der Waals surface area contributed by atoms with Crippen molar-refractivity contribution in [1.29, 1.82) is 0 Å². The number of nitrogens with one attached hydrogen (secondary N) is 1. The Labute approximate surface area is 150 Å². The molecule has 3 saturated carbocycles. The number of aromatic amines is 1. The van der Waals surface area contributed by atoms with Crippen LogP contribution in [0.2, 0.25) is 0 Å². The first-order valence-corrected chi connectivity index (χ1v) is 9.45. The maximum absolute atomic E-state index is 14.4. The molecule has 6 rings (SSSR count). The molecular formula is C21H21F2N3. The molecule has 3 fully saturated rings. The van der Waals surface area contributed by atoms with Crippen molar-refractivity contribution in [2.45, 2.75) is 38.5 Å². The minimum atomic E-state index is -0.390. The largest absolute Gasteiger partial charge is 0.345 e. The van der Waals surface area contributed by atoms with Crippen LogP contribution in [0.25, 0.3) is 22.3 Å². The molecule has 26 heavy (non-hydrogen) atoms. The number of halogens is 2. The molecule has 0 unspecified atom stereocenters. The van der Waals surface area contributed by atoms with Gasteiger partial charge in [-0.2, -0.15) is 0 Å². The zero-order valence-corrected chi connectivity index (χ0v) is 14.5. The number of hydrogen-bond donors (Lipinski definition) is 1. The van der Waals surface area contributed by atoms with Gasteiger partial charge < -0.3 is 4.98 Å². The van der Waals surface area contributed by atoms with Gasteiger partial charge in [0.05, 0.1) is 18.1 Å². The van der Waals surface area contributed by atoms with E-state index in [2.05, 4.69) is 15.0 Å². The highest BCUT2D eigenvalue weighted by Gasteiger charge is 2.35. The molecule has 1 N–H and O–H groups in total. The average molecular weight is 353 g/mol. The molecule has 1 atom stereocenters. The fraction of sp³-hybridized carbons (Fsp3) is 0.429. The zero-order chi connectivity index (χ0) is 17.7. The minimum Gasteiger partial charge on any atom is -0.345 e. The summed E-state index contributed by atoms with van der Waals surface area (Å²) in [5.41, 5.74) is 2.77. The highest BCUT2D eigenvalue weighted by atomic mass is 19.1. The molecule has 0 aromatic carbocycles. The highest BCUT2D eigenvalue weighted by Crippen LogP contribution is 2.46. The number of pyridine rings is 2. The van der Waals surface area contributed by atoms with Crippen molar-refractivity contribution in [3.8, 4) is 11.3 Å². The average Bonchev–Trinajstić information content (AvgIpc) is 3.07. The summed E-state index contributed by atoms with van der Waals surface area (Å²) in [6.07, 6.45) is 11.5. The van der Waals surface area contributed by atoms with Gasteiger partial charge >= 0.3 is 0 Å². The molecular weight excluding hydrogens is 332 g/mol. The van der Waals surface area contributed by atoms with Crippen LogP contribution in [0.1, 0.15) is 37.7 Å². The molecule has 0 radical (unpaired) electrons. The lowest BCUT2D eigenvalue weighted by Crippen LogP contribution is -2.32. The summed E-state index contributed by atoms with van der Waals surface area (Å²) in [4.78, 5) is 11.4. The summed E-state index contributed by atoms with van der Waals surface area (Å²) < 4.78 is 28.0. The lowest BCUT2D eigenvalue weighted by molar-refractivity contribution is 0.0985. The number of aromatic nitrogens is 3. The Balaban J connectivity index is 1.49. The molecule has 0 aliphatic heterocycles. The molecule has 3 aromatic heterocycles. The van der Waals surface area contributed by atoms with Gasteiger partial charge in [-0.1, -0.05) is 12.8 Å². The molecule has 3 aliphatic rings. The second kappa shape index (κ2) is 6.15. The maximum atomic E-state index is 14.4. The topological polar surface area (TPSA) is 41.6 Å². The van der Waals surface area contributed by atoms with Crippen LogP contribution in [0.5, 0.6) is 0 Å². The number of hydrogen-bond acceptors (Lipinski definition) is 2. The Bertz CT molecular complexity index is 957. The van der Waals surface area contributed by atoms with Gasteiger partial charge in [-0.05, 0) is 61.1 Å². The number of rotatable bonds is 3. The summed E-state index contributed by atoms with van der Waals surface area (Å²) >= 11 is 0. The van der Waals surface area contributed by atoms with Crippen LogP contribution < -0.4 is 0 Å². The molecule has 3 nitrogen and oxygen atoms in total. The van der Waals surface area contributed by atoms with Crippen molar-refractivity contribution in [2.75, 3.05) is 0 Å². The van der Waals surface area contributed by atoms with Crippen LogP contribution in [-0.2, 0) is 6.42 Å². The Morgan fingerprint density at radius 3 is 2.65 bits per heavy atom. The van der Waals surface area contributed by atoms with Crippen LogP contribution in [0.3, 0.4) is 0 Å². The number of nitrogens with zero attached hydrogens (tertiary/aromatic N) is 2. The second-order valence-electron chi connectivity index (χ2n) is 7.89. The Kier molecular flexibility index (Phi) is 3.76. The first-order chi connectivity index (χ1) is 12.7. The summed E-state index contributed by atoms with van der Waals surface area (Å²) in [5, 5.41) is 0.673. The second-order valence-corrected chi connectivity index (χ2v) is 7.89. The number of H-pyrrole nitrogens is 1. The van der Waals surface area contributed by atoms with Crippen molar-refractivity contribution < 1.29 is 8.78 Å². The molecule has 134 valence electrons. The molecule has 0 spiro atoms. The van der Waals surface area contributed by atoms with Crippen LogP contribution in [-0.4, -0.2) is 15.0 Å². The van der Waals surface area contributed by atoms with E-state index in [1.165, 1.54) is 50.6 Å². The van der Waals surface area contributed by atoms with E-state index >= 15 is 0 Å². The van der Waals surface area contributed by atoms with Crippen molar-refractivity contribution in [2.24, 2.45) is 17.8 Å². The van der Waals surface area contributed by atoms with Gasteiger partial charge in [-0.15, -0.1) is 0 Å². The maximum Gasteiger partial charge on any atom is 0.144 e. The predicted molar refractivity (Wildman–Crippen MR) is 96.5 cm³/mol. The van der Waals surface area contributed by atoms with Crippen molar-refractivity contribution in [3.63, 3.8) is 0 Å². The van der Waals surface area contributed by atoms with Gasteiger partial charge in [0.1, 0.15) is 17.3 Å². The third kappa shape index (κ3) is 2.70. The SMILES string of the molecule is Fc1cnc2[nH]cc(-c3cc(C[C@H]4CC5CCC4CC5)c(F)cn3)c2c1. The van der Waals surface area contributed by atoms with Crippen LogP contribution >= 0.6 is 0 Å². The van der Waals surface area contributed by atoms with Gasteiger partial charge in [-0.3, -0.25) is 4.98 Å². The van der Waals surface area contributed by atoms with Crippen LogP contribution in [0, 0.1) is 29.4 Å². The van der Waals surface area contributed by atoms with E-state index in [1.54, 1.807) is 6.20 Å². The summed E-state index contributed by atoms with van der Waals surface area (Å²) in [5.74, 6) is 1.52. The van der Waals surface area contributed by atoms with Crippen molar-refractivity contribution in [3.05, 3.63) is 47.9 Å². The van der Waals surface area contributed by atoms with Crippen molar-refractivity contribution >= 4 is 11.0 Å². The van der Waals surface area contributed by atoms with Gasteiger partial charge in [0, 0.05) is 17.1 Å². The molecule has 5 heteroatoms. The molecule has 3 aromatic rings. The van der Waals surface area contributed by atoms with Gasteiger partial charge in [0.15, 0.2) is 0 Å².